The first kappa shape index (κ1) is 22.5. The van der Waals surface area contributed by atoms with Crippen LogP contribution in [0.1, 0.15) is 29.5 Å². The summed E-state index contributed by atoms with van der Waals surface area (Å²) < 4.78 is 11.2. The Bertz CT molecular complexity index is 763. The quantitative estimate of drug-likeness (QED) is 0.313. The highest BCUT2D eigenvalue weighted by Gasteiger charge is 2.22. The Balaban J connectivity index is 0.00000280. The second kappa shape index (κ2) is 11.9. The van der Waals surface area contributed by atoms with Crippen LogP contribution in [-0.4, -0.2) is 26.7 Å². The molecule has 2 aromatic carbocycles. The zero-order valence-corrected chi connectivity index (χ0v) is 18.9. The minimum Gasteiger partial charge on any atom is -0.493 e. The van der Waals surface area contributed by atoms with Crippen LogP contribution >= 0.6 is 24.0 Å². The van der Waals surface area contributed by atoms with Crippen molar-refractivity contribution < 1.29 is 9.47 Å². The maximum absolute atomic E-state index is 5.98. The fourth-order valence-corrected chi connectivity index (χ4v) is 2.86. The number of hydrogen-bond acceptors (Lipinski definition) is 3. The van der Waals surface area contributed by atoms with E-state index in [1.165, 1.54) is 24.0 Å². The SMILES string of the molecule is CN=C(NCc1cccc(COC)c1)NCc1ccccc1OCC1CC1.I. The zero-order chi connectivity index (χ0) is 18.9. The summed E-state index contributed by atoms with van der Waals surface area (Å²) in [6.07, 6.45) is 2.59. The van der Waals surface area contributed by atoms with Crippen LogP contribution in [0, 0.1) is 5.92 Å². The van der Waals surface area contributed by atoms with Crippen molar-refractivity contribution in [1.29, 1.82) is 0 Å². The van der Waals surface area contributed by atoms with Gasteiger partial charge >= 0.3 is 0 Å². The van der Waals surface area contributed by atoms with Crippen molar-refractivity contribution in [2.75, 3.05) is 20.8 Å². The second-order valence-electron chi connectivity index (χ2n) is 6.89. The van der Waals surface area contributed by atoms with Crippen molar-refractivity contribution in [3.8, 4) is 5.75 Å². The van der Waals surface area contributed by atoms with E-state index >= 15 is 0 Å². The van der Waals surface area contributed by atoms with E-state index in [0.717, 1.165) is 29.8 Å². The first-order valence-corrected chi connectivity index (χ1v) is 9.50. The number of halogens is 1. The van der Waals surface area contributed by atoms with Crippen LogP contribution in [0.3, 0.4) is 0 Å². The van der Waals surface area contributed by atoms with E-state index in [-0.39, 0.29) is 24.0 Å². The second-order valence-corrected chi connectivity index (χ2v) is 6.89. The third-order valence-corrected chi connectivity index (χ3v) is 4.58. The number of guanidine groups is 1. The van der Waals surface area contributed by atoms with Gasteiger partial charge in [-0.15, -0.1) is 24.0 Å². The molecule has 2 aromatic rings. The van der Waals surface area contributed by atoms with Crippen LogP contribution in [0.4, 0.5) is 0 Å². The summed E-state index contributed by atoms with van der Waals surface area (Å²) in [5, 5.41) is 6.74. The van der Waals surface area contributed by atoms with Crippen LogP contribution in [0.15, 0.2) is 53.5 Å². The van der Waals surface area contributed by atoms with E-state index in [4.69, 9.17) is 9.47 Å². The van der Waals surface area contributed by atoms with Gasteiger partial charge in [0.1, 0.15) is 5.75 Å². The minimum atomic E-state index is 0. The molecule has 1 saturated carbocycles. The summed E-state index contributed by atoms with van der Waals surface area (Å²) in [6, 6.07) is 16.6. The van der Waals surface area contributed by atoms with Gasteiger partial charge in [0.25, 0.3) is 0 Å². The Kier molecular flexibility index (Phi) is 9.57. The fourth-order valence-electron chi connectivity index (χ4n) is 2.86. The molecule has 5 nitrogen and oxygen atoms in total. The lowest BCUT2D eigenvalue weighted by atomic mass is 10.1. The summed E-state index contributed by atoms with van der Waals surface area (Å²) >= 11 is 0. The Morgan fingerprint density at radius 3 is 2.54 bits per heavy atom. The minimum absolute atomic E-state index is 0. The molecule has 3 rings (SSSR count). The molecule has 0 saturated heterocycles. The predicted octanol–water partition coefficient (Wildman–Crippen LogP) is 4.11. The summed E-state index contributed by atoms with van der Waals surface area (Å²) in [7, 11) is 3.50. The molecule has 0 bridgehead atoms. The molecule has 2 N–H and O–H groups in total. The lowest BCUT2D eigenvalue weighted by molar-refractivity contribution is 0.185. The van der Waals surface area contributed by atoms with Crippen molar-refractivity contribution in [2.45, 2.75) is 32.5 Å². The molecule has 28 heavy (non-hydrogen) atoms. The van der Waals surface area contributed by atoms with Gasteiger partial charge in [-0.1, -0.05) is 42.5 Å². The molecule has 0 spiro atoms. The van der Waals surface area contributed by atoms with Crippen molar-refractivity contribution in [3.05, 3.63) is 65.2 Å². The molecule has 6 heteroatoms. The Labute approximate surface area is 184 Å². The van der Waals surface area contributed by atoms with Gasteiger partial charge in [-0.25, -0.2) is 0 Å². The molecule has 152 valence electrons. The topological polar surface area (TPSA) is 54.9 Å². The third-order valence-electron chi connectivity index (χ3n) is 4.58. The average Bonchev–Trinajstić information content (AvgIpc) is 3.52. The van der Waals surface area contributed by atoms with Crippen molar-refractivity contribution in [3.63, 3.8) is 0 Å². The highest BCUT2D eigenvalue weighted by atomic mass is 127. The molecule has 0 aliphatic heterocycles. The van der Waals surface area contributed by atoms with Gasteiger partial charge in [0.05, 0.1) is 13.2 Å². The molecule has 0 atom stereocenters. The lowest BCUT2D eigenvalue weighted by Gasteiger charge is -2.15. The Morgan fingerprint density at radius 2 is 1.79 bits per heavy atom. The van der Waals surface area contributed by atoms with Gasteiger partial charge in [-0.2, -0.15) is 0 Å². The first-order chi connectivity index (χ1) is 13.3. The summed E-state index contributed by atoms with van der Waals surface area (Å²) in [5.74, 6) is 2.47. The first-order valence-electron chi connectivity index (χ1n) is 9.50. The van der Waals surface area contributed by atoms with Crippen LogP contribution < -0.4 is 15.4 Å². The standard InChI is InChI=1S/C22H29N3O2.HI/c1-23-22(24-13-18-6-5-7-19(12-18)15-26-2)25-14-20-8-3-4-9-21(20)27-16-17-10-11-17;/h3-9,12,17H,10-11,13-16H2,1-2H3,(H2,23,24,25);1H. The number of ether oxygens (including phenoxy) is 2. The predicted molar refractivity (Wildman–Crippen MR) is 124 cm³/mol. The number of methoxy groups -OCH3 is 1. The normalized spacial score (nSPS) is 13.6. The third kappa shape index (κ3) is 7.31. The van der Waals surface area contributed by atoms with Crippen LogP contribution in [0.2, 0.25) is 0 Å². The van der Waals surface area contributed by atoms with Gasteiger partial charge in [0.15, 0.2) is 5.96 Å². The summed E-state index contributed by atoms with van der Waals surface area (Å²) in [5.41, 5.74) is 3.50. The highest BCUT2D eigenvalue weighted by molar-refractivity contribution is 14.0. The van der Waals surface area contributed by atoms with E-state index in [2.05, 4.69) is 46.0 Å². The van der Waals surface area contributed by atoms with Crippen LogP contribution in [0.5, 0.6) is 5.75 Å². The van der Waals surface area contributed by atoms with Gasteiger partial charge in [0.2, 0.25) is 0 Å². The van der Waals surface area contributed by atoms with Crippen molar-refractivity contribution in [1.82, 2.24) is 10.6 Å². The van der Waals surface area contributed by atoms with Gasteiger partial charge in [0, 0.05) is 32.8 Å². The molecule has 0 heterocycles. The number of para-hydroxylation sites is 1. The molecular formula is C22H30IN3O2. The van der Waals surface area contributed by atoms with Gasteiger partial charge in [-0.3, -0.25) is 4.99 Å². The van der Waals surface area contributed by atoms with Crippen LogP contribution in [-0.2, 0) is 24.4 Å². The lowest BCUT2D eigenvalue weighted by Crippen LogP contribution is -2.36. The van der Waals surface area contributed by atoms with E-state index in [1.807, 2.05) is 18.2 Å². The van der Waals surface area contributed by atoms with E-state index < -0.39 is 0 Å². The summed E-state index contributed by atoms with van der Waals surface area (Å²) in [6.45, 7) is 2.82. The fraction of sp³-hybridized carbons (Fsp3) is 0.409. The molecule has 1 aliphatic carbocycles. The smallest absolute Gasteiger partial charge is 0.191 e. The number of nitrogens with one attached hydrogen (secondary N) is 2. The number of nitrogens with zero attached hydrogens (tertiary/aromatic N) is 1. The Hall–Kier alpha value is -1.80. The molecule has 1 aliphatic rings. The Morgan fingerprint density at radius 1 is 1.04 bits per heavy atom. The largest absolute Gasteiger partial charge is 0.493 e. The van der Waals surface area contributed by atoms with E-state index in [0.29, 0.717) is 19.7 Å². The number of aliphatic imine (C=N–C) groups is 1. The maximum atomic E-state index is 5.98. The van der Waals surface area contributed by atoms with Crippen LogP contribution in [0.25, 0.3) is 0 Å². The number of benzene rings is 2. The maximum Gasteiger partial charge on any atom is 0.191 e. The molecule has 0 unspecified atom stereocenters. The van der Waals surface area contributed by atoms with Crippen molar-refractivity contribution >= 4 is 29.9 Å². The molecule has 0 amide bonds. The monoisotopic (exact) mass is 495 g/mol. The average molecular weight is 495 g/mol. The number of hydrogen-bond donors (Lipinski definition) is 2. The molecule has 0 aromatic heterocycles. The zero-order valence-electron chi connectivity index (χ0n) is 16.6. The van der Waals surface area contributed by atoms with Gasteiger partial charge < -0.3 is 20.1 Å². The molecular weight excluding hydrogens is 465 g/mol. The van der Waals surface area contributed by atoms with Gasteiger partial charge in [-0.05, 0) is 36.0 Å². The number of rotatable bonds is 9. The van der Waals surface area contributed by atoms with Crippen molar-refractivity contribution in [2.24, 2.45) is 10.9 Å². The highest BCUT2D eigenvalue weighted by Crippen LogP contribution is 2.30. The molecule has 0 radical (unpaired) electrons. The van der Waals surface area contributed by atoms with E-state index in [1.54, 1.807) is 14.2 Å². The van der Waals surface area contributed by atoms with E-state index in [9.17, 15) is 0 Å². The molecule has 1 fully saturated rings. The summed E-state index contributed by atoms with van der Waals surface area (Å²) in [4.78, 5) is 4.32.